The Hall–Kier alpha value is -2.24. The average molecular weight is 281 g/mol. The Morgan fingerprint density at radius 1 is 1.30 bits per heavy atom. The number of carbonyl (C=O) groups is 2. The van der Waals surface area contributed by atoms with Crippen LogP contribution in [-0.4, -0.2) is 29.4 Å². The number of ether oxygens (including phenoxy) is 2. The summed E-state index contributed by atoms with van der Waals surface area (Å²) < 4.78 is 10.4. The zero-order valence-corrected chi connectivity index (χ0v) is 12.0. The van der Waals surface area contributed by atoms with Gasteiger partial charge in [-0.15, -0.1) is 0 Å². The van der Waals surface area contributed by atoms with E-state index in [0.29, 0.717) is 12.4 Å². The van der Waals surface area contributed by atoms with Gasteiger partial charge in [-0.05, 0) is 39.8 Å². The molecule has 0 atom stereocenters. The van der Waals surface area contributed by atoms with E-state index in [1.54, 1.807) is 39.8 Å². The van der Waals surface area contributed by atoms with Crippen LogP contribution >= 0.6 is 0 Å². The van der Waals surface area contributed by atoms with Crippen LogP contribution in [0.3, 0.4) is 0 Å². The number of amides is 1. The van der Waals surface area contributed by atoms with E-state index in [1.807, 2.05) is 0 Å². The van der Waals surface area contributed by atoms with E-state index >= 15 is 0 Å². The van der Waals surface area contributed by atoms with Crippen LogP contribution in [0.15, 0.2) is 18.2 Å². The maximum absolute atomic E-state index is 11.8. The lowest BCUT2D eigenvalue weighted by Gasteiger charge is -2.21. The summed E-state index contributed by atoms with van der Waals surface area (Å²) >= 11 is 0. The molecule has 0 aliphatic heterocycles. The highest BCUT2D eigenvalue weighted by Crippen LogP contribution is 2.29. The zero-order valence-electron chi connectivity index (χ0n) is 12.0. The minimum Gasteiger partial charge on any atom is -0.492 e. The lowest BCUT2D eigenvalue weighted by molar-refractivity contribution is 0.0635. The fourth-order valence-corrected chi connectivity index (χ4v) is 1.52. The molecule has 0 heterocycles. The number of aromatic carboxylic acids is 1. The second-order valence-corrected chi connectivity index (χ2v) is 5.04. The molecule has 0 saturated carbocycles. The summed E-state index contributed by atoms with van der Waals surface area (Å²) in [6.07, 6.45) is -0.729. The summed E-state index contributed by atoms with van der Waals surface area (Å²) in [7, 11) is 0. The summed E-state index contributed by atoms with van der Waals surface area (Å²) in [5, 5.41) is 11.6. The molecule has 0 aliphatic rings. The van der Waals surface area contributed by atoms with Crippen molar-refractivity contribution in [3.63, 3.8) is 0 Å². The van der Waals surface area contributed by atoms with Crippen molar-refractivity contribution in [2.45, 2.75) is 33.3 Å². The van der Waals surface area contributed by atoms with Gasteiger partial charge >= 0.3 is 12.1 Å². The molecule has 1 rings (SSSR count). The van der Waals surface area contributed by atoms with Crippen LogP contribution in [-0.2, 0) is 4.74 Å². The molecule has 0 radical (unpaired) electrons. The van der Waals surface area contributed by atoms with Crippen molar-refractivity contribution < 1.29 is 24.2 Å². The molecule has 1 aromatic carbocycles. The number of benzene rings is 1. The normalized spacial score (nSPS) is 10.8. The lowest BCUT2D eigenvalue weighted by atomic mass is 10.1. The molecule has 2 N–H and O–H groups in total. The van der Waals surface area contributed by atoms with Crippen molar-refractivity contribution in [3.05, 3.63) is 23.8 Å². The predicted molar refractivity (Wildman–Crippen MR) is 74.4 cm³/mol. The summed E-state index contributed by atoms with van der Waals surface area (Å²) in [5.74, 6) is -0.865. The maximum atomic E-state index is 11.8. The largest absolute Gasteiger partial charge is 0.492 e. The molecule has 0 unspecified atom stereocenters. The number of hydrogen-bond donors (Lipinski definition) is 2. The van der Waals surface area contributed by atoms with Crippen LogP contribution in [0, 0.1) is 0 Å². The average Bonchev–Trinajstić information content (AvgIpc) is 2.28. The van der Waals surface area contributed by atoms with Crippen molar-refractivity contribution >= 4 is 17.7 Å². The fraction of sp³-hybridized carbons (Fsp3) is 0.429. The highest BCUT2D eigenvalue weighted by Gasteiger charge is 2.21. The lowest BCUT2D eigenvalue weighted by Crippen LogP contribution is -2.28. The van der Waals surface area contributed by atoms with Crippen LogP contribution in [0.25, 0.3) is 0 Å². The molecule has 20 heavy (non-hydrogen) atoms. The minimum absolute atomic E-state index is 0.0539. The van der Waals surface area contributed by atoms with Gasteiger partial charge in [0.1, 0.15) is 17.0 Å². The fourth-order valence-electron chi connectivity index (χ4n) is 1.52. The number of nitrogens with one attached hydrogen (secondary N) is 1. The number of hydrogen-bond acceptors (Lipinski definition) is 4. The van der Waals surface area contributed by atoms with Crippen molar-refractivity contribution in [1.29, 1.82) is 0 Å². The second kappa shape index (κ2) is 6.27. The van der Waals surface area contributed by atoms with E-state index in [0.717, 1.165) is 0 Å². The highest BCUT2D eigenvalue weighted by molar-refractivity contribution is 6.00. The van der Waals surface area contributed by atoms with Gasteiger partial charge in [0.05, 0.1) is 12.2 Å². The molecule has 0 aliphatic carbocycles. The van der Waals surface area contributed by atoms with Crippen LogP contribution < -0.4 is 10.1 Å². The molecule has 110 valence electrons. The molecule has 6 heteroatoms. The monoisotopic (exact) mass is 281 g/mol. The van der Waals surface area contributed by atoms with E-state index in [9.17, 15) is 9.59 Å². The van der Waals surface area contributed by atoms with E-state index in [2.05, 4.69) is 5.32 Å². The Bertz CT molecular complexity index is 505. The smallest absolute Gasteiger partial charge is 0.412 e. The van der Waals surface area contributed by atoms with Crippen LogP contribution in [0.5, 0.6) is 5.75 Å². The molecular weight excluding hydrogens is 262 g/mol. The molecule has 1 amide bonds. The molecule has 0 fully saturated rings. The summed E-state index contributed by atoms with van der Waals surface area (Å²) in [6, 6.07) is 4.52. The first-order valence-corrected chi connectivity index (χ1v) is 6.23. The van der Waals surface area contributed by atoms with Crippen molar-refractivity contribution in [2.24, 2.45) is 0 Å². The van der Waals surface area contributed by atoms with Crippen molar-refractivity contribution in [1.82, 2.24) is 0 Å². The third kappa shape index (κ3) is 4.46. The Kier molecular flexibility index (Phi) is 4.96. The highest BCUT2D eigenvalue weighted by atomic mass is 16.6. The Labute approximate surface area is 117 Å². The van der Waals surface area contributed by atoms with Crippen molar-refractivity contribution in [3.8, 4) is 5.75 Å². The Balaban J connectivity index is 3.07. The summed E-state index contributed by atoms with van der Waals surface area (Å²) in [4.78, 5) is 23.0. The number of carboxylic acids is 1. The third-order valence-corrected chi connectivity index (χ3v) is 2.18. The summed E-state index contributed by atoms with van der Waals surface area (Å²) in [6.45, 7) is 7.29. The van der Waals surface area contributed by atoms with Gasteiger partial charge in [0.15, 0.2) is 0 Å². The first kappa shape index (κ1) is 15.8. The molecule has 1 aromatic rings. The zero-order chi connectivity index (χ0) is 15.3. The molecule has 0 bridgehead atoms. The van der Waals surface area contributed by atoms with E-state index < -0.39 is 17.7 Å². The number of rotatable bonds is 4. The Morgan fingerprint density at radius 2 is 1.95 bits per heavy atom. The van der Waals surface area contributed by atoms with E-state index in [1.165, 1.54) is 6.07 Å². The number of carbonyl (C=O) groups excluding carboxylic acids is 1. The number of anilines is 1. The van der Waals surface area contributed by atoms with Crippen LogP contribution in [0.1, 0.15) is 38.1 Å². The van der Waals surface area contributed by atoms with Crippen molar-refractivity contribution in [2.75, 3.05) is 11.9 Å². The molecular formula is C14H19NO5. The van der Waals surface area contributed by atoms with Gasteiger partial charge in [-0.1, -0.05) is 6.07 Å². The molecule has 0 aromatic heterocycles. The third-order valence-electron chi connectivity index (χ3n) is 2.18. The SMILES string of the molecule is CCOc1cccc(C(=O)O)c1NC(=O)OC(C)(C)C. The van der Waals surface area contributed by atoms with Gasteiger partial charge < -0.3 is 14.6 Å². The molecule has 6 nitrogen and oxygen atoms in total. The van der Waals surface area contributed by atoms with Crippen LogP contribution in [0.2, 0.25) is 0 Å². The van der Waals surface area contributed by atoms with E-state index in [4.69, 9.17) is 14.6 Å². The topological polar surface area (TPSA) is 84.9 Å². The predicted octanol–water partition coefficient (Wildman–Crippen LogP) is 3.13. The van der Waals surface area contributed by atoms with Crippen LogP contribution in [0.4, 0.5) is 10.5 Å². The van der Waals surface area contributed by atoms with Gasteiger partial charge in [-0.3, -0.25) is 5.32 Å². The first-order chi connectivity index (χ1) is 9.24. The van der Waals surface area contributed by atoms with E-state index in [-0.39, 0.29) is 11.3 Å². The van der Waals surface area contributed by atoms with Gasteiger partial charge in [0.25, 0.3) is 0 Å². The maximum Gasteiger partial charge on any atom is 0.412 e. The second-order valence-electron chi connectivity index (χ2n) is 5.04. The molecule has 0 spiro atoms. The van der Waals surface area contributed by atoms with Gasteiger partial charge in [-0.25, -0.2) is 9.59 Å². The van der Waals surface area contributed by atoms with Gasteiger partial charge in [-0.2, -0.15) is 0 Å². The standard InChI is InChI=1S/C14H19NO5/c1-5-19-10-8-6-7-9(12(16)17)11(10)15-13(18)20-14(2,3)4/h6-8H,5H2,1-4H3,(H,15,18)(H,16,17). The Morgan fingerprint density at radius 3 is 2.45 bits per heavy atom. The number of carboxylic acid groups (broad SMARTS) is 1. The first-order valence-electron chi connectivity index (χ1n) is 6.23. The minimum atomic E-state index is -1.15. The van der Waals surface area contributed by atoms with Gasteiger partial charge in [0, 0.05) is 0 Å². The quantitative estimate of drug-likeness (QED) is 0.885. The van der Waals surface area contributed by atoms with Gasteiger partial charge in [0.2, 0.25) is 0 Å². The molecule has 0 saturated heterocycles. The summed E-state index contributed by atoms with van der Waals surface area (Å²) in [5.41, 5.74) is -0.633. The number of para-hydroxylation sites is 1.